The first-order valence-electron chi connectivity index (χ1n) is 8.71. The third kappa shape index (κ3) is 2.59. The number of β-amino-alcohol motifs (C(OH)–C–C–N with tert-alkyl or cyclic N) is 1. The van der Waals surface area contributed by atoms with Gasteiger partial charge in [-0.1, -0.05) is 24.3 Å². The number of hydrogen-bond donors (Lipinski definition) is 1. The molecule has 1 aliphatic heterocycles. The molecule has 0 bridgehead atoms. The van der Waals surface area contributed by atoms with Gasteiger partial charge in [-0.15, -0.1) is 0 Å². The number of likely N-dealkylation sites (tertiary alicyclic amines) is 1. The minimum Gasteiger partial charge on any atom is -0.468 e. The molecule has 4 rings (SSSR count). The Kier molecular flexibility index (Phi) is 3.76. The molecular formula is C20H21NO4. The van der Waals surface area contributed by atoms with Gasteiger partial charge in [0.1, 0.15) is 17.6 Å². The van der Waals surface area contributed by atoms with Crippen LogP contribution < -0.4 is 0 Å². The lowest BCUT2D eigenvalue weighted by molar-refractivity contribution is 0.0412. The van der Waals surface area contributed by atoms with Gasteiger partial charge < -0.3 is 14.4 Å². The van der Waals surface area contributed by atoms with Crippen molar-refractivity contribution in [1.82, 2.24) is 4.90 Å². The summed E-state index contributed by atoms with van der Waals surface area (Å²) in [4.78, 5) is 26.8. The molecule has 1 amide bonds. The number of benzene rings is 1. The van der Waals surface area contributed by atoms with Crippen molar-refractivity contribution in [2.45, 2.75) is 38.2 Å². The predicted octanol–water partition coefficient (Wildman–Crippen LogP) is 2.84. The largest absolute Gasteiger partial charge is 0.468 e. The first kappa shape index (κ1) is 16.1. The highest BCUT2D eigenvalue weighted by Gasteiger charge is 2.42. The lowest BCUT2D eigenvalue weighted by Crippen LogP contribution is -2.35. The minimum atomic E-state index is -1.05. The van der Waals surface area contributed by atoms with E-state index < -0.39 is 5.60 Å². The van der Waals surface area contributed by atoms with Crippen molar-refractivity contribution < 1.29 is 19.1 Å². The topological polar surface area (TPSA) is 70.8 Å². The monoisotopic (exact) mass is 339 g/mol. The molecule has 130 valence electrons. The minimum absolute atomic E-state index is 0.0216. The smallest absolute Gasteiger partial charge is 0.257 e. The standard InChI is InChI=1S/C20H21NO4/c1-13-5-2-3-6-15(13)20(24)9-10-21(12-20)19(23)14-11-25-17-8-4-7-16(22)18(14)17/h2-3,5-6,11,24H,4,7-10,12H2,1H3. The Morgan fingerprint density at radius 3 is 2.88 bits per heavy atom. The number of carbonyl (C=O) groups is 2. The van der Waals surface area contributed by atoms with Crippen LogP contribution in [0.5, 0.6) is 0 Å². The predicted molar refractivity (Wildman–Crippen MR) is 91.6 cm³/mol. The van der Waals surface area contributed by atoms with Gasteiger partial charge in [0.2, 0.25) is 0 Å². The molecule has 25 heavy (non-hydrogen) atoms. The van der Waals surface area contributed by atoms with E-state index in [2.05, 4.69) is 0 Å². The Morgan fingerprint density at radius 2 is 2.08 bits per heavy atom. The van der Waals surface area contributed by atoms with Gasteiger partial charge in [0.15, 0.2) is 5.78 Å². The molecule has 2 aromatic rings. The number of hydrogen-bond acceptors (Lipinski definition) is 4. The number of aryl methyl sites for hydroxylation is 2. The average molecular weight is 339 g/mol. The highest BCUT2D eigenvalue weighted by molar-refractivity contribution is 6.09. The maximum atomic E-state index is 12.9. The molecule has 1 aromatic carbocycles. The van der Waals surface area contributed by atoms with Crippen LogP contribution in [0, 0.1) is 6.92 Å². The van der Waals surface area contributed by atoms with Crippen molar-refractivity contribution in [3.63, 3.8) is 0 Å². The molecule has 0 spiro atoms. The van der Waals surface area contributed by atoms with E-state index in [0.29, 0.717) is 42.7 Å². The molecule has 1 N–H and O–H groups in total. The summed E-state index contributed by atoms with van der Waals surface area (Å²) < 4.78 is 5.46. The van der Waals surface area contributed by atoms with Crippen molar-refractivity contribution in [1.29, 1.82) is 0 Å². The zero-order chi connectivity index (χ0) is 17.6. The summed E-state index contributed by atoms with van der Waals surface area (Å²) in [5, 5.41) is 11.1. The second kappa shape index (κ2) is 5.85. The summed E-state index contributed by atoms with van der Waals surface area (Å²) in [6.45, 7) is 2.64. The van der Waals surface area contributed by atoms with E-state index in [4.69, 9.17) is 4.42 Å². The fourth-order valence-corrected chi connectivity index (χ4v) is 4.03. The molecule has 5 nitrogen and oxygen atoms in total. The molecule has 0 radical (unpaired) electrons. The normalized spacial score (nSPS) is 23.0. The molecule has 1 saturated heterocycles. The van der Waals surface area contributed by atoms with E-state index in [0.717, 1.165) is 17.5 Å². The van der Waals surface area contributed by atoms with Gasteiger partial charge in [0, 0.05) is 19.4 Å². The molecule has 1 aliphatic carbocycles. The van der Waals surface area contributed by atoms with Gasteiger partial charge in [-0.2, -0.15) is 0 Å². The van der Waals surface area contributed by atoms with Crippen LogP contribution in [-0.2, 0) is 12.0 Å². The number of aliphatic hydroxyl groups is 1. The third-order valence-corrected chi connectivity index (χ3v) is 5.37. The van der Waals surface area contributed by atoms with Crippen LogP contribution in [-0.4, -0.2) is 34.8 Å². The highest BCUT2D eigenvalue weighted by Crippen LogP contribution is 2.35. The number of rotatable bonds is 2. The zero-order valence-corrected chi connectivity index (χ0v) is 14.2. The molecule has 1 fully saturated rings. The first-order valence-corrected chi connectivity index (χ1v) is 8.71. The van der Waals surface area contributed by atoms with Crippen molar-refractivity contribution in [3.8, 4) is 0 Å². The lowest BCUT2D eigenvalue weighted by atomic mass is 9.89. The number of nitrogens with zero attached hydrogens (tertiary/aromatic N) is 1. The maximum absolute atomic E-state index is 12.9. The number of furan rings is 1. The van der Waals surface area contributed by atoms with Gasteiger partial charge >= 0.3 is 0 Å². The van der Waals surface area contributed by atoms with Crippen LogP contribution in [0.25, 0.3) is 0 Å². The van der Waals surface area contributed by atoms with Crippen LogP contribution in [0.1, 0.15) is 56.9 Å². The van der Waals surface area contributed by atoms with E-state index >= 15 is 0 Å². The van der Waals surface area contributed by atoms with E-state index in [1.54, 1.807) is 4.90 Å². The number of amides is 1. The Hall–Kier alpha value is -2.40. The van der Waals surface area contributed by atoms with Crippen LogP contribution in [0.4, 0.5) is 0 Å². The Bertz CT molecular complexity index is 853. The van der Waals surface area contributed by atoms with Crippen LogP contribution in [0.2, 0.25) is 0 Å². The number of carbonyl (C=O) groups excluding carboxylic acids is 2. The Labute approximate surface area is 146 Å². The average Bonchev–Trinajstić information content (AvgIpc) is 3.20. The van der Waals surface area contributed by atoms with Crippen LogP contribution >= 0.6 is 0 Å². The van der Waals surface area contributed by atoms with E-state index in [1.807, 2.05) is 31.2 Å². The summed E-state index contributed by atoms with van der Waals surface area (Å²) in [6.07, 6.45) is 3.81. The third-order valence-electron chi connectivity index (χ3n) is 5.37. The van der Waals surface area contributed by atoms with Crippen molar-refractivity contribution in [2.24, 2.45) is 0 Å². The molecular weight excluding hydrogens is 318 g/mol. The Morgan fingerprint density at radius 1 is 1.28 bits per heavy atom. The second-order valence-electron chi connectivity index (χ2n) is 7.05. The molecule has 1 aromatic heterocycles. The molecule has 5 heteroatoms. The highest BCUT2D eigenvalue weighted by atomic mass is 16.3. The number of Topliss-reactive ketones (excluding diaryl/α,β-unsaturated/α-hetero) is 1. The summed E-state index contributed by atoms with van der Waals surface area (Å²) in [5.41, 5.74) is 1.61. The Balaban J connectivity index is 1.61. The molecule has 2 aliphatic rings. The zero-order valence-electron chi connectivity index (χ0n) is 14.2. The fourth-order valence-electron chi connectivity index (χ4n) is 4.03. The number of fused-ring (bicyclic) bond motifs is 1. The summed E-state index contributed by atoms with van der Waals surface area (Å²) >= 11 is 0. The van der Waals surface area contributed by atoms with Gasteiger partial charge in [-0.25, -0.2) is 0 Å². The summed E-state index contributed by atoms with van der Waals surface area (Å²) in [7, 11) is 0. The van der Waals surface area contributed by atoms with E-state index in [1.165, 1.54) is 6.26 Å². The van der Waals surface area contributed by atoms with Crippen molar-refractivity contribution in [3.05, 3.63) is 58.5 Å². The van der Waals surface area contributed by atoms with Crippen LogP contribution in [0.15, 0.2) is 34.9 Å². The summed E-state index contributed by atoms with van der Waals surface area (Å²) in [6, 6.07) is 7.70. The first-order chi connectivity index (χ1) is 12.0. The molecule has 2 heterocycles. The molecule has 1 unspecified atom stereocenters. The second-order valence-corrected chi connectivity index (χ2v) is 7.05. The van der Waals surface area contributed by atoms with E-state index in [-0.39, 0.29) is 18.2 Å². The van der Waals surface area contributed by atoms with Gasteiger partial charge in [-0.05, 0) is 30.9 Å². The van der Waals surface area contributed by atoms with Gasteiger partial charge in [0.05, 0.1) is 17.7 Å². The quantitative estimate of drug-likeness (QED) is 0.913. The number of ketones is 1. The van der Waals surface area contributed by atoms with Crippen molar-refractivity contribution in [2.75, 3.05) is 13.1 Å². The van der Waals surface area contributed by atoms with Gasteiger partial charge in [0.25, 0.3) is 5.91 Å². The van der Waals surface area contributed by atoms with Crippen molar-refractivity contribution >= 4 is 11.7 Å². The molecule has 0 saturated carbocycles. The van der Waals surface area contributed by atoms with Gasteiger partial charge in [-0.3, -0.25) is 9.59 Å². The fraction of sp³-hybridized carbons (Fsp3) is 0.400. The maximum Gasteiger partial charge on any atom is 0.257 e. The van der Waals surface area contributed by atoms with Crippen LogP contribution in [0.3, 0.4) is 0 Å². The SMILES string of the molecule is Cc1ccccc1C1(O)CCN(C(=O)c2coc3c2C(=O)CCC3)C1. The lowest BCUT2D eigenvalue weighted by Gasteiger charge is -2.25. The summed E-state index contributed by atoms with van der Waals surface area (Å²) in [5.74, 6) is 0.365. The molecule has 1 atom stereocenters. The van der Waals surface area contributed by atoms with E-state index in [9.17, 15) is 14.7 Å².